The van der Waals surface area contributed by atoms with E-state index in [0.29, 0.717) is 0 Å². The first-order valence-electron chi connectivity index (χ1n) is 8.93. The summed E-state index contributed by atoms with van der Waals surface area (Å²) in [6.45, 7) is 11.2. The van der Waals surface area contributed by atoms with Crippen LogP contribution >= 0.6 is 0 Å². The van der Waals surface area contributed by atoms with Gasteiger partial charge in [0, 0.05) is 24.7 Å². The van der Waals surface area contributed by atoms with Gasteiger partial charge in [0.05, 0.1) is 0 Å². The summed E-state index contributed by atoms with van der Waals surface area (Å²) < 4.78 is 0. The fourth-order valence-electron chi connectivity index (χ4n) is 4.00. The van der Waals surface area contributed by atoms with E-state index in [2.05, 4.69) is 29.0 Å². The summed E-state index contributed by atoms with van der Waals surface area (Å²) in [5.74, 6) is 0.811. The molecule has 0 spiro atoms. The maximum absolute atomic E-state index is 3.96. The molecule has 20 heavy (non-hydrogen) atoms. The van der Waals surface area contributed by atoms with E-state index in [-0.39, 0.29) is 0 Å². The van der Waals surface area contributed by atoms with Crippen LogP contribution in [0.5, 0.6) is 0 Å². The summed E-state index contributed by atoms with van der Waals surface area (Å²) >= 11 is 0. The molecule has 1 N–H and O–H groups in total. The van der Waals surface area contributed by atoms with Crippen LogP contribution in [0.25, 0.3) is 0 Å². The molecular weight excluding hydrogens is 246 g/mol. The van der Waals surface area contributed by atoms with Gasteiger partial charge in [-0.05, 0) is 70.6 Å². The number of likely N-dealkylation sites (tertiary alicyclic amines) is 2. The minimum absolute atomic E-state index is 0.788. The van der Waals surface area contributed by atoms with Crippen LogP contribution in [0.3, 0.4) is 0 Å². The number of nitrogens with zero attached hydrogens (tertiary/aromatic N) is 2. The third-order valence-corrected chi connectivity index (χ3v) is 5.28. The Bertz CT molecular complexity index is 285. The van der Waals surface area contributed by atoms with Crippen LogP contribution in [0.15, 0.2) is 0 Å². The molecule has 1 saturated carbocycles. The first kappa shape index (κ1) is 14.8. The van der Waals surface area contributed by atoms with Crippen molar-refractivity contribution in [2.24, 2.45) is 5.92 Å². The molecule has 3 nitrogen and oxygen atoms in total. The zero-order valence-corrected chi connectivity index (χ0v) is 13.5. The zero-order valence-electron chi connectivity index (χ0n) is 13.5. The van der Waals surface area contributed by atoms with Crippen LogP contribution in [-0.4, -0.2) is 60.6 Å². The van der Waals surface area contributed by atoms with E-state index in [1.165, 1.54) is 71.2 Å². The monoisotopic (exact) mass is 279 g/mol. The molecule has 0 unspecified atom stereocenters. The minimum Gasteiger partial charge on any atom is -0.311 e. The summed E-state index contributed by atoms with van der Waals surface area (Å²) in [6.07, 6.45) is 8.40. The molecule has 0 amide bonds. The minimum atomic E-state index is 0.788. The van der Waals surface area contributed by atoms with E-state index in [0.717, 1.165) is 24.0 Å². The molecule has 0 radical (unpaired) electrons. The number of nitrogens with one attached hydrogen (secondary N) is 1. The quantitative estimate of drug-likeness (QED) is 0.833. The van der Waals surface area contributed by atoms with E-state index in [1.54, 1.807) is 0 Å². The van der Waals surface area contributed by atoms with Gasteiger partial charge < -0.3 is 15.1 Å². The van der Waals surface area contributed by atoms with Gasteiger partial charge in [-0.25, -0.2) is 0 Å². The van der Waals surface area contributed by atoms with Crippen molar-refractivity contribution < 1.29 is 0 Å². The molecule has 0 aromatic rings. The Morgan fingerprint density at radius 1 is 0.850 bits per heavy atom. The average molecular weight is 279 g/mol. The largest absolute Gasteiger partial charge is 0.311 e. The highest BCUT2D eigenvalue weighted by Gasteiger charge is 2.32. The summed E-state index contributed by atoms with van der Waals surface area (Å²) in [5.41, 5.74) is 0. The van der Waals surface area contributed by atoms with Crippen LogP contribution < -0.4 is 5.32 Å². The van der Waals surface area contributed by atoms with Gasteiger partial charge in [-0.1, -0.05) is 13.8 Å². The van der Waals surface area contributed by atoms with Gasteiger partial charge in [0.1, 0.15) is 0 Å². The molecule has 2 heterocycles. The second-order valence-corrected chi connectivity index (χ2v) is 7.68. The molecule has 0 aromatic carbocycles. The third kappa shape index (κ3) is 4.19. The first-order valence-corrected chi connectivity index (χ1v) is 8.93. The molecule has 0 bridgehead atoms. The molecular formula is C17H33N3. The van der Waals surface area contributed by atoms with Gasteiger partial charge in [0.15, 0.2) is 0 Å². The fraction of sp³-hybridized carbons (Fsp3) is 1.00. The Kier molecular flexibility index (Phi) is 5.00. The fourth-order valence-corrected chi connectivity index (χ4v) is 4.00. The Morgan fingerprint density at radius 2 is 1.40 bits per heavy atom. The van der Waals surface area contributed by atoms with Gasteiger partial charge in [0.2, 0.25) is 0 Å². The maximum Gasteiger partial charge on any atom is 0.00964 e. The van der Waals surface area contributed by atoms with E-state index in [4.69, 9.17) is 0 Å². The van der Waals surface area contributed by atoms with Crippen molar-refractivity contribution in [2.45, 2.75) is 70.5 Å². The molecule has 3 fully saturated rings. The summed E-state index contributed by atoms with van der Waals surface area (Å²) in [4.78, 5) is 5.38. The highest BCUT2D eigenvalue weighted by molar-refractivity contribution is 4.90. The lowest BCUT2D eigenvalue weighted by Gasteiger charge is -2.38. The molecule has 0 aromatic heterocycles. The number of hydrogen-bond acceptors (Lipinski definition) is 3. The molecule has 2 aliphatic heterocycles. The first-order chi connectivity index (χ1) is 9.70. The van der Waals surface area contributed by atoms with Gasteiger partial charge in [0.25, 0.3) is 0 Å². The van der Waals surface area contributed by atoms with Crippen LogP contribution in [0.2, 0.25) is 0 Å². The lowest BCUT2D eigenvalue weighted by molar-refractivity contribution is 0.149. The highest BCUT2D eigenvalue weighted by Crippen LogP contribution is 2.29. The van der Waals surface area contributed by atoms with Crippen LogP contribution in [0.4, 0.5) is 0 Å². The third-order valence-electron chi connectivity index (χ3n) is 5.28. The smallest absolute Gasteiger partial charge is 0.00964 e. The Hall–Kier alpha value is -0.120. The molecule has 3 heteroatoms. The van der Waals surface area contributed by atoms with Crippen molar-refractivity contribution in [3.05, 3.63) is 0 Å². The van der Waals surface area contributed by atoms with Gasteiger partial charge in [-0.2, -0.15) is 0 Å². The predicted molar refractivity (Wildman–Crippen MR) is 85.1 cm³/mol. The summed E-state index contributed by atoms with van der Waals surface area (Å²) in [5, 5.41) is 3.96. The van der Waals surface area contributed by atoms with Gasteiger partial charge >= 0.3 is 0 Å². The van der Waals surface area contributed by atoms with Crippen molar-refractivity contribution in [3.8, 4) is 0 Å². The Labute approximate surface area is 125 Å². The second-order valence-electron chi connectivity index (χ2n) is 7.68. The normalized spacial score (nSPS) is 28.4. The SMILES string of the molecule is CC(C)CN1CCC(NC2CCN(C3CC3)CC2)CC1. The van der Waals surface area contributed by atoms with Gasteiger partial charge in [-0.15, -0.1) is 0 Å². The second kappa shape index (κ2) is 6.76. The topological polar surface area (TPSA) is 18.5 Å². The van der Waals surface area contributed by atoms with Crippen molar-refractivity contribution in [2.75, 3.05) is 32.7 Å². The van der Waals surface area contributed by atoms with E-state index < -0.39 is 0 Å². The summed E-state index contributed by atoms with van der Waals surface area (Å²) in [6, 6.07) is 2.55. The van der Waals surface area contributed by atoms with E-state index in [9.17, 15) is 0 Å². The molecule has 0 atom stereocenters. The standard InChI is InChI=1S/C17H33N3/c1-14(2)13-19-9-5-15(6-10-19)18-16-7-11-20(12-8-16)17-3-4-17/h14-18H,3-13H2,1-2H3. The highest BCUT2D eigenvalue weighted by atomic mass is 15.2. The maximum atomic E-state index is 3.96. The van der Waals surface area contributed by atoms with Crippen molar-refractivity contribution in [3.63, 3.8) is 0 Å². The molecule has 2 saturated heterocycles. The number of piperidine rings is 2. The van der Waals surface area contributed by atoms with Crippen molar-refractivity contribution in [1.29, 1.82) is 0 Å². The molecule has 116 valence electrons. The lowest BCUT2D eigenvalue weighted by atomic mass is 9.99. The van der Waals surface area contributed by atoms with E-state index >= 15 is 0 Å². The van der Waals surface area contributed by atoms with Crippen LogP contribution in [0.1, 0.15) is 52.4 Å². The molecule has 1 aliphatic carbocycles. The molecule has 3 aliphatic rings. The predicted octanol–water partition coefficient (Wildman–Crippen LogP) is 2.32. The number of hydrogen-bond donors (Lipinski definition) is 1. The number of rotatable bonds is 5. The zero-order chi connectivity index (χ0) is 13.9. The van der Waals surface area contributed by atoms with Crippen LogP contribution in [-0.2, 0) is 0 Å². The Morgan fingerprint density at radius 3 is 1.90 bits per heavy atom. The molecule has 3 rings (SSSR count). The lowest BCUT2D eigenvalue weighted by Crippen LogP contribution is -2.50. The van der Waals surface area contributed by atoms with E-state index in [1.807, 2.05) is 0 Å². The van der Waals surface area contributed by atoms with Gasteiger partial charge in [-0.3, -0.25) is 0 Å². The average Bonchev–Trinajstić information content (AvgIpc) is 3.26. The Balaban J connectivity index is 1.33. The van der Waals surface area contributed by atoms with Crippen molar-refractivity contribution >= 4 is 0 Å². The van der Waals surface area contributed by atoms with Crippen LogP contribution in [0, 0.1) is 5.92 Å². The van der Waals surface area contributed by atoms with Crippen molar-refractivity contribution in [1.82, 2.24) is 15.1 Å². The summed E-state index contributed by atoms with van der Waals surface area (Å²) in [7, 11) is 0.